The smallest absolute Gasteiger partial charge is 0.242 e. The maximum absolute atomic E-state index is 13.8. The number of aliphatic hydroxyl groups excluding tert-OH is 1. The van der Waals surface area contributed by atoms with Crippen LogP contribution in [0.1, 0.15) is 50.8 Å². The second kappa shape index (κ2) is 11.6. The Kier molecular flexibility index (Phi) is 8.14. The van der Waals surface area contributed by atoms with Gasteiger partial charge in [-0.05, 0) is 37.8 Å². The van der Waals surface area contributed by atoms with E-state index >= 15 is 0 Å². The molecule has 2 atom stereocenters. The SMILES string of the molecule is COC(OC)c1nnc(-c2nn(CCO)c3c(N4CC5CCC(C4)N5C(=O)C(C)C)cc(S(=O)(=O)NC4(C#N)CC4)cc23)s1. The van der Waals surface area contributed by atoms with Crippen molar-refractivity contribution in [3.63, 3.8) is 0 Å². The molecule has 236 valence electrons. The number of fused-ring (bicyclic) bond motifs is 3. The topological polar surface area (TPSA) is 176 Å². The molecule has 2 bridgehead atoms. The fourth-order valence-electron chi connectivity index (χ4n) is 6.24. The molecule has 1 aliphatic carbocycles. The predicted octanol–water partition coefficient (Wildman–Crippen LogP) is 2.01. The number of benzene rings is 1. The molecule has 1 aromatic carbocycles. The van der Waals surface area contributed by atoms with E-state index in [0.29, 0.717) is 58.2 Å². The van der Waals surface area contributed by atoms with Crippen LogP contribution in [0.25, 0.3) is 21.6 Å². The number of hydrogen-bond acceptors (Lipinski definition) is 12. The summed E-state index contributed by atoms with van der Waals surface area (Å²) in [5, 5.41) is 34.4. The number of nitriles is 1. The summed E-state index contributed by atoms with van der Waals surface area (Å²) < 4.78 is 42.5. The molecule has 3 aliphatic rings. The lowest BCUT2D eigenvalue weighted by molar-refractivity contribution is -0.137. The number of piperazine rings is 1. The van der Waals surface area contributed by atoms with E-state index in [1.54, 1.807) is 16.8 Å². The van der Waals surface area contributed by atoms with E-state index in [2.05, 4.69) is 25.9 Å². The molecule has 0 radical (unpaired) electrons. The number of hydrogen-bond donors (Lipinski definition) is 2. The van der Waals surface area contributed by atoms with Gasteiger partial charge in [-0.3, -0.25) is 9.48 Å². The van der Waals surface area contributed by atoms with Crippen molar-refractivity contribution in [1.29, 1.82) is 5.26 Å². The van der Waals surface area contributed by atoms with Crippen molar-refractivity contribution in [1.82, 2.24) is 29.6 Å². The molecule has 2 aromatic heterocycles. The fourth-order valence-corrected chi connectivity index (χ4v) is 8.56. The Hall–Kier alpha value is -3.20. The van der Waals surface area contributed by atoms with Crippen LogP contribution in [0.15, 0.2) is 17.0 Å². The van der Waals surface area contributed by atoms with Crippen LogP contribution < -0.4 is 9.62 Å². The molecule has 1 amide bonds. The van der Waals surface area contributed by atoms with E-state index in [1.165, 1.54) is 25.6 Å². The van der Waals surface area contributed by atoms with Crippen molar-refractivity contribution < 1.29 is 27.8 Å². The van der Waals surface area contributed by atoms with Gasteiger partial charge in [-0.2, -0.15) is 15.1 Å². The number of methoxy groups -OCH3 is 2. The van der Waals surface area contributed by atoms with Crippen LogP contribution in [-0.2, 0) is 30.8 Å². The largest absolute Gasteiger partial charge is 0.394 e. The molecule has 14 nitrogen and oxygen atoms in total. The summed E-state index contributed by atoms with van der Waals surface area (Å²) in [5.41, 5.74) is 0.564. The first-order chi connectivity index (χ1) is 21.0. The van der Waals surface area contributed by atoms with Crippen molar-refractivity contribution in [3.05, 3.63) is 17.1 Å². The van der Waals surface area contributed by atoms with Gasteiger partial charge in [0.2, 0.25) is 22.2 Å². The molecule has 16 heteroatoms. The molecule has 6 rings (SSSR count). The lowest BCUT2D eigenvalue weighted by atomic mass is 10.1. The predicted molar refractivity (Wildman–Crippen MR) is 161 cm³/mol. The monoisotopic (exact) mass is 644 g/mol. The van der Waals surface area contributed by atoms with E-state index in [-0.39, 0.29) is 42.0 Å². The van der Waals surface area contributed by atoms with Gasteiger partial charge >= 0.3 is 0 Å². The number of aromatic nitrogens is 4. The third-order valence-corrected chi connectivity index (χ3v) is 11.0. The van der Waals surface area contributed by atoms with Gasteiger partial charge in [-0.15, -0.1) is 10.2 Å². The number of rotatable bonds is 11. The summed E-state index contributed by atoms with van der Waals surface area (Å²) in [6.45, 7) is 4.82. The molecule has 2 aliphatic heterocycles. The number of ether oxygens (including phenoxy) is 2. The average molecular weight is 645 g/mol. The Bertz CT molecular complexity index is 1710. The number of carbonyl (C=O) groups excluding carboxylic acids is 1. The second-order valence-electron chi connectivity index (χ2n) is 11.9. The van der Waals surface area contributed by atoms with Crippen LogP contribution in [0.3, 0.4) is 0 Å². The molecule has 0 spiro atoms. The Labute approximate surface area is 259 Å². The first-order valence-electron chi connectivity index (χ1n) is 14.6. The van der Waals surface area contributed by atoms with Crippen molar-refractivity contribution >= 4 is 43.9 Å². The Morgan fingerprint density at radius 3 is 2.45 bits per heavy atom. The zero-order valence-corrected chi connectivity index (χ0v) is 26.7. The van der Waals surface area contributed by atoms with Crippen molar-refractivity contribution in [3.8, 4) is 16.8 Å². The quantitative estimate of drug-likeness (QED) is 0.292. The highest BCUT2D eigenvalue weighted by Gasteiger charge is 2.47. The van der Waals surface area contributed by atoms with Crippen LogP contribution in [0, 0.1) is 17.2 Å². The maximum atomic E-state index is 13.8. The summed E-state index contributed by atoms with van der Waals surface area (Å²) in [6, 6.07) is 5.24. The summed E-state index contributed by atoms with van der Waals surface area (Å²) in [4.78, 5) is 17.2. The molecule has 44 heavy (non-hydrogen) atoms. The van der Waals surface area contributed by atoms with Gasteiger partial charge in [0.25, 0.3) is 0 Å². The van der Waals surface area contributed by atoms with Crippen molar-refractivity contribution in [2.24, 2.45) is 5.92 Å². The Balaban J connectivity index is 1.51. The molecule has 3 aromatic rings. The molecular formula is C28H36N8O6S2. The van der Waals surface area contributed by atoms with E-state index in [0.717, 1.165) is 12.8 Å². The second-order valence-corrected chi connectivity index (χ2v) is 14.6. The fraction of sp³-hybridized carbons (Fsp3) is 0.607. The molecule has 4 heterocycles. The number of sulfonamides is 1. The number of carbonyl (C=O) groups is 1. The first-order valence-corrected chi connectivity index (χ1v) is 16.9. The van der Waals surface area contributed by atoms with Gasteiger partial charge in [0.15, 0.2) is 10.0 Å². The number of nitrogens with one attached hydrogen (secondary N) is 1. The minimum absolute atomic E-state index is 0.00393. The van der Waals surface area contributed by atoms with Gasteiger partial charge in [0.05, 0.1) is 35.3 Å². The lowest BCUT2D eigenvalue weighted by Crippen LogP contribution is -2.57. The highest BCUT2D eigenvalue weighted by molar-refractivity contribution is 7.89. The summed E-state index contributed by atoms with van der Waals surface area (Å²) >= 11 is 1.21. The lowest BCUT2D eigenvalue weighted by Gasteiger charge is -2.43. The highest BCUT2D eigenvalue weighted by Crippen LogP contribution is 2.42. The van der Waals surface area contributed by atoms with E-state index in [4.69, 9.17) is 14.6 Å². The summed E-state index contributed by atoms with van der Waals surface area (Å²) in [5.74, 6) is 0.00565. The van der Waals surface area contributed by atoms with Gasteiger partial charge < -0.3 is 24.4 Å². The summed E-state index contributed by atoms with van der Waals surface area (Å²) in [6.07, 6.45) is 1.88. The molecule has 2 N–H and O–H groups in total. The molecule has 2 unspecified atom stereocenters. The van der Waals surface area contributed by atoms with E-state index < -0.39 is 21.9 Å². The Morgan fingerprint density at radius 1 is 1.20 bits per heavy atom. The number of anilines is 1. The molecule has 1 saturated carbocycles. The third-order valence-electron chi connectivity index (χ3n) is 8.56. The first kappa shape index (κ1) is 30.8. The van der Waals surface area contributed by atoms with Gasteiger partial charge in [-0.25, -0.2) is 8.42 Å². The van der Waals surface area contributed by atoms with Crippen LogP contribution in [-0.4, -0.2) is 95.8 Å². The van der Waals surface area contributed by atoms with Gasteiger partial charge in [-0.1, -0.05) is 25.2 Å². The van der Waals surface area contributed by atoms with Crippen molar-refractivity contribution in [2.75, 3.05) is 38.8 Å². The third kappa shape index (κ3) is 5.35. The standard InChI is InChI=1S/C28H36N8O6S2/c1-16(2)26(38)36-17-5-6-18(36)14-34(13-17)21-12-19(44(39,40)33-28(15-29)7-8-28)11-20-22(32-35(9-10-37)23(20)21)24-30-31-25(43-24)27(41-3)42-4/h11-12,16-18,27,33,37H,5-10,13-14H2,1-4H3. The number of aliphatic hydroxyl groups is 1. The zero-order chi connectivity index (χ0) is 31.4. The minimum atomic E-state index is -4.11. The maximum Gasteiger partial charge on any atom is 0.242 e. The van der Waals surface area contributed by atoms with Crippen molar-refractivity contribution in [2.45, 2.75) is 74.9 Å². The normalized spacial score (nSPS) is 21.0. The number of amides is 1. The van der Waals surface area contributed by atoms with E-state index in [1.807, 2.05) is 18.7 Å². The van der Waals surface area contributed by atoms with Crippen LogP contribution in [0.4, 0.5) is 5.69 Å². The highest BCUT2D eigenvalue weighted by atomic mass is 32.2. The minimum Gasteiger partial charge on any atom is -0.394 e. The van der Waals surface area contributed by atoms with E-state index in [9.17, 15) is 23.6 Å². The van der Waals surface area contributed by atoms with Gasteiger partial charge in [0.1, 0.15) is 11.2 Å². The molecule has 2 saturated heterocycles. The molecular weight excluding hydrogens is 608 g/mol. The number of nitrogens with zero attached hydrogens (tertiary/aromatic N) is 7. The average Bonchev–Trinajstić information content (AvgIpc) is 3.29. The van der Waals surface area contributed by atoms with Crippen LogP contribution >= 0.6 is 11.3 Å². The Morgan fingerprint density at radius 2 is 1.89 bits per heavy atom. The van der Waals surface area contributed by atoms with Crippen LogP contribution in [0.2, 0.25) is 0 Å². The van der Waals surface area contributed by atoms with Gasteiger partial charge in [0, 0.05) is 50.7 Å². The summed E-state index contributed by atoms with van der Waals surface area (Å²) in [7, 11) is -1.12. The zero-order valence-electron chi connectivity index (χ0n) is 25.1. The van der Waals surface area contributed by atoms with Crippen LogP contribution in [0.5, 0.6) is 0 Å². The molecule has 3 fully saturated rings.